The fourth-order valence-electron chi connectivity index (χ4n) is 2.69. The monoisotopic (exact) mass is 250 g/mol. The minimum Gasteiger partial charge on any atom is -0.497 e. The third-order valence-corrected chi connectivity index (χ3v) is 3.72. The normalized spacial score (nSPS) is 13.6. The quantitative estimate of drug-likeness (QED) is 0.790. The highest BCUT2D eigenvalue weighted by Gasteiger charge is 2.11. The van der Waals surface area contributed by atoms with Gasteiger partial charge in [-0.15, -0.1) is 0 Å². The van der Waals surface area contributed by atoms with E-state index in [4.69, 9.17) is 4.74 Å². The molecule has 19 heavy (non-hydrogen) atoms. The second-order valence-electron chi connectivity index (χ2n) is 4.95. The molecule has 0 radical (unpaired) electrons. The number of hydrogen-bond acceptors (Lipinski definition) is 1. The second-order valence-corrected chi connectivity index (χ2v) is 4.95. The summed E-state index contributed by atoms with van der Waals surface area (Å²) in [6.07, 6.45) is 5.71. The SMILES string of the molecule is COc1ccc(CC2=CCCc3ccccc32)cc1. The summed E-state index contributed by atoms with van der Waals surface area (Å²) in [5.41, 5.74) is 5.69. The standard InChI is InChI=1S/C18H18O/c1-19-17-11-9-14(10-12-17)13-16-7-4-6-15-5-2-3-8-18(15)16/h2-3,5,7-12H,4,6,13H2,1H3. The highest BCUT2D eigenvalue weighted by Crippen LogP contribution is 2.29. The topological polar surface area (TPSA) is 9.23 Å². The maximum atomic E-state index is 5.20. The van der Waals surface area contributed by atoms with E-state index in [0.29, 0.717) is 0 Å². The van der Waals surface area contributed by atoms with Crippen molar-refractivity contribution >= 4 is 5.57 Å². The van der Waals surface area contributed by atoms with Crippen LogP contribution in [0.2, 0.25) is 0 Å². The predicted molar refractivity (Wildman–Crippen MR) is 79.4 cm³/mol. The van der Waals surface area contributed by atoms with Gasteiger partial charge in [0.15, 0.2) is 0 Å². The van der Waals surface area contributed by atoms with E-state index < -0.39 is 0 Å². The van der Waals surface area contributed by atoms with Gasteiger partial charge in [0.2, 0.25) is 0 Å². The van der Waals surface area contributed by atoms with E-state index in [1.54, 1.807) is 7.11 Å². The number of methoxy groups -OCH3 is 1. The number of hydrogen-bond donors (Lipinski definition) is 0. The summed E-state index contributed by atoms with van der Waals surface area (Å²) in [5.74, 6) is 0.918. The van der Waals surface area contributed by atoms with Gasteiger partial charge in [-0.3, -0.25) is 0 Å². The van der Waals surface area contributed by atoms with Gasteiger partial charge in [0.1, 0.15) is 5.75 Å². The Morgan fingerprint density at radius 3 is 2.58 bits per heavy atom. The molecule has 96 valence electrons. The molecule has 0 atom stereocenters. The number of benzene rings is 2. The lowest BCUT2D eigenvalue weighted by Crippen LogP contribution is -2.01. The number of allylic oxidation sites excluding steroid dienone is 2. The maximum Gasteiger partial charge on any atom is 0.118 e. The van der Waals surface area contributed by atoms with E-state index in [2.05, 4.69) is 42.5 Å². The summed E-state index contributed by atoms with van der Waals surface area (Å²) in [7, 11) is 1.70. The summed E-state index contributed by atoms with van der Waals surface area (Å²) in [6, 6.07) is 17.1. The third kappa shape index (κ3) is 2.55. The minimum atomic E-state index is 0.918. The molecule has 1 aliphatic carbocycles. The van der Waals surface area contributed by atoms with E-state index >= 15 is 0 Å². The van der Waals surface area contributed by atoms with Crippen LogP contribution in [0.3, 0.4) is 0 Å². The second kappa shape index (κ2) is 5.31. The van der Waals surface area contributed by atoms with Gasteiger partial charge >= 0.3 is 0 Å². The molecule has 0 saturated carbocycles. The third-order valence-electron chi connectivity index (χ3n) is 3.72. The average molecular weight is 250 g/mol. The van der Waals surface area contributed by atoms with Gasteiger partial charge in [0.25, 0.3) is 0 Å². The summed E-state index contributed by atoms with van der Waals surface area (Å²) in [5, 5.41) is 0. The molecule has 0 bridgehead atoms. The lowest BCUT2D eigenvalue weighted by molar-refractivity contribution is 0.414. The van der Waals surface area contributed by atoms with Gasteiger partial charge in [-0.1, -0.05) is 42.5 Å². The predicted octanol–water partition coefficient (Wildman–Crippen LogP) is 4.27. The molecule has 0 saturated heterocycles. The van der Waals surface area contributed by atoms with Crippen molar-refractivity contribution in [2.24, 2.45) is 0 Å². The fraction of sp³-hybridized carbons (Fsp3) is 0.222. The van der Waals surface area contributed by atoms with Crippen LogP contribution in [0.1, 0.15) is 23.1 Å². The van der Waals surface area contributed by atoms with E-state index in [0.717, 1.165) is 18.6 Å². The lowest BCUT2D eigenvalue weighted by atomic mass is 9.87. The molecule has 0 fully saturated rings. The molecule has 0 heterocycles. The van der Waals surface area contributed by atoms with Gasteiger partial charge < -0.3 is 4.74 Å². The highest BCUT2D eigenvalue weighted by molar-refractivity contribution is 5.71. The Morgan fingerprint density at radius 2 is 1.79 bits per heavy atom. The van der Waals surface area contributed by atoms with Crippen molar-refractivity contribution in [3.63, 3.8) is 0 Å². The first-order valence-electron chi connectivity index (χ1n) is 6.77. The summed E-state index contributed by atoms with van der Waals surface area (Å²) in [4.78, 5) is 0. The maximum absolute atomic E-state index is 5.20. The van der Waals surface area contributed by atoms with Gasteiger partial charge in [-0.2, -0.15) is 0 Å². The van der Waals surface area contributed by atoms with Crippen molar-refractivity contribution < 1.29 is 4.74 Å². The van der Waals surface area contributed by atoms with Crippen LogP contribution in [0.4, 0.5) is 0 Å². The van der Waals surface area contributed by atoms with Crippen molar-refractivity contribution in [3.05, 3.63) is 71.3 Å². The molecular weight excluding hydrogens is 232 g/mol. The molecule has 0 N–H and O–H groups in total. The molecule has 2 aromatic carbocycles. The van der Waals surface area contributed by atoms with Crippen molar-refractivity contribution in [1.82, 2.24) is 0 Å². The van der Waals surface area contributed by atoms with Crippen LogP contribution >= 0.6 is 0 Å². The van der Waals surface area contributed by atoms with Crippen molar-refractivity contribution in [2.45, 2.75) is 19.3 Å². The van der Waals surface area contributed by atoms with Gasteiger partial charge in [-0.25, -0.2) is 0 Å². The Bertz CT molecular complexity index is 593. The molecule has 0 unspecified atom stereocenters. The first-order valence-corrected chi connectivity index (χ1v) is 6.77. The molecule has 0 aliphatic heterocycles. The summed E-state index contributed by atoms with van der Waals surface area (Å²) >= 11 is 0. The van der Waals surface area contributed by atoms with E-state index in [9.17, 15) is 0 Å². The molecule has 0 spiro atoms. The van der Waals surface area contributed by atoms with Gasteiger partial charge in [0, 0.05) is 0 Å². The summed E-state index contributed by atoms with van der Waals surface area (Å²) in [6.45, 7) is 0. The molecule has 0 amide bonds. The van der Waals surface area contributed by atoms with Crippen LogP contribution in [0, 0.1) is 0 Å². The molecule has 1 aliphatic rings. The van der Waals surface area contributed by atoms with E-state index in [1.807, 2.05) is 12.1 Å². The van der Waals surface area contributed by atoms with Crippen LogP contribution in [-0.4, -0.2) is 7.11 Å². The Hall–Kier alpha value is -2.02. The first kappa shape index (κ1) is 12.0. The molecular formula is C18H18O. The van der Waals surface area contributed by atoms with Crippen molar-refractivity contribution in [3.8, 4) is 5.75 Å². The summed E-state index contributed by atoms with van der Waals surface area (Å²) < 4.78 is 5.20. The minimum absolute atomic E-state index is 0.918. The van der Waals surface area contributed by atoms with Crippen LogP contribution in [0.5, 0.6) is 5.75 Å². The fourth-order valence-corrected chi connectivity index (χ4v) is 2.69. The van der Waals surface area contributed by atoms with Gasteiger partial charge in [0.05, 0.1) is 7.11 Å². The van der Waals surface area contributed by atoms with E-state index in [1.165, 1.54) is 28.7 Å². The van der Waals surface area contributed by atoms with Crippen molar-refractivity contribution in [1.29, 1.82) is 0 Å². The zero-order valence-electron chi connectivity index (χ0n) is 11.2. The number of ether oxygens (including phenoxy) is 1. The van der Waals surface area contributed by atoms with Crippen LogP contribution in [0.25, 0.3) is 5.57 Å². The van der Waals surface area contributed by atoms with Crippen LogP contribution in [-0.2, 0) is 12.8 Å². The highest BCUT2D eigenvalue weighted by atomic mass is 16.5. The molecule has 1 nitrogen and oxygen atoms in total. The Labute approximate surface area is 114 Å². The molecule has 3 rings (SSSR count). The zero-order chi connectivity index (χ0) is 13.1. The van der Waals surface area contributed by atoms with Crippen LogP contribution in [0.15, 0.2) is 54.6 Å². The number of fused-ring (bicyclic) bond motifs is 1. The molecule has 0 aromatic heterocycles. The van der Waals surface area contributed by atoms with Crippen molar-refractivity contribution in [2.75, 3.05) is 7.11 Å². The Balaban J connectivity index is 1.85. The Morgan fingerprint density at radius 1 is 1.00 bits per heavy atom. The number of aryl methyl sites for hydroxylation is 1. The molecule has 2 aromatic rings. The van der Waals surface area contributed by atoms with E-state index in [-0.39, 0.29) is 0 Å². The average Bonchev–Trinajstić information content (AvgIpc) is 2.48. The lowest BCUT2D eigenvalue weighted by Gasteiger charge is -2.17. The number of rotatable bonds is 3. The zero-order valence-corrected chi connectivity index (χ0v) is 11.2. The largest absolute Gasteiger partial charge is 0.497 e. The van der Waals surface area contributed by atoms with Gasteiger partial charge in [-0.05, 0) is 53.7 Å². The first-order chi connectivity index (χ1) is 9.36. The van der Waals surface area contributed by atoms with Crippen LogP contribution < -0.4 is 4.74 Å². The smallest absolute Gasteiger partial charge is 0.118 e. The Kier molecular flexibility index (Phi) is 3.37. The molecule has 1 heteroatoms.